The Bertz CT molecular complexity index is 869. The summed E-state index contributed by atoms with van der Waals surface area (Å²) in [5, 5.41) is 2.60. The zero-order valence-electron chi connectivity index (χ0n) is 17.6. The molecule has 0 spiro atoms. The topological polar surface area (TPSA) is 105 Å². The second-order valence-electron chi connectivity index (χ2n) is 7.69. The quantitative estimate of drug-likeness (QED) is 0.680. The van der Waals surface area contributed by atoms with Crippen LogP contribution in [0.4, 0.5) is 14.9 Å². The predicted molar refractivity (Wildman–Crippen MR) is 108 cm³/mol. The second-order valence-corrected chi connectivity index (χ2v) is 7.69. The van der Waals surface area contributed by atoms with E-state index in [1.165, 1.54) is 24.8 Å². The normalized spacial score (nSPS) is 19.2. The number of piperidine rings is 1. The molecule has 2 heterocycles. The molecule has 1 aromatic carbocycles. The highest BCUT2D eigenvalue weighted by Gasteiger charge is 2.33. The zero-order chi connectivity index (χ0) is 22.5. The van der Waals surface area contributed by atoms with Crippen LogP contribution in [0.15, 0.2) is 18.2 Å². The maximum absolute atomic E-state index is 14.9. The smallest absolute Gasteiger partial charge is 0.414 e. The van der Waals surface area contributed by atoms with E-state index < -0.39 is 24.0 Å². The lowest BCUT2D eigenvalue weighted by Crippen LogP contribution is -2.40. The van der Waals surface area contributed by atoms with Crippen molar-refractivity contribution in [2.75, 3.05) is 37.7 Å². The van der Waals surface area contributed by atoms with Crippen molar-refractivity contribution in [1.82, 2.24) is 10.2 Å². The molecule has 0 bridgehead atoms. The van der Waals surface area contributed by atoms with Gasteiger partial charge in [0.05, 0.1) is 18.8 Å². The Kier molecular flexibility index (Phi) is 7.09. The van der Waals surface area contributed by atoms with Gasteiger partial charge >= 0.3 is 12.1 Å². The molecule has 1 unspecified atom stereocenters. The molecule has 0 aromatic heterocycles. The van der Waals surface area contributed by atoms with Crippen molar-refractivity contribution in [3.05, 3.63) is 29.6 Å². The number of hydrogen-bond donors (Lipinski definition) is 1. The lowest BCUT2D eigenvalue weighted by Gasteiger charge is -2.32. The number of carbonyl (C=O) groups is 4. The third kappa shape index (κ3) is 5.71. The third-order valence-corrected chi connectivity index (χ3v) is 5.43. The number of ether oxygens (including phenoxy) is 2. The highest BCUT2D eigenvalue weighted by atomic mass is 19.1. The van der Waals surface area contributed by atoms with E-state index in [1.54, 1.807) is 17.0 Å². The van der Waals surface area contributed by atoms with E-state index in [9.17, 15) is 23.6 Å². The Hall–Kier alpha value is -3.17. The summed E-state index contributed by atoms with van der Waals surface area (Å²) in [6, 6.07) is 4.66. The number of halogens is 1. The fourth-order valence-corrected chi connectivity index (χ4v) is 3.81. The van der Waals surface area contributed by atoms with Gasteiger partial charge in [0.15, 0.2) is 6.61 Å². The van der Waals surface area contributed by atoms with Crippen molar-refractivity contribution in [3.63, 3.8) is 0 Å². The molecular weight excluding hydrogens is 409 g/mol. The van der Waals surface area contributed by atoms with Crippen molar-refractivity contribution >= 4 is 29.6 Å². The number of esters is 1. The summed E-state index contributed by atoms with van der Waals surface area (Å²) in [7, 11) is 0. The fourth-order valence-electron chi connectivity index (χ4n) is 3.81. The molecule has 10 heteroatoms. The molecule has 3 rings (SSSR count). The minimum absolute atomic E-state index is 0.0510. The van der Waals surface area contributed by atoms with Gasteiger partial charge in [0.25, 0.3) is 5.91 Å². The Morgan fingerprint density at radius 3 is 2.55 bits per heavy atom. The number of benzene rings is 1. The van der Waals surface area contributed by atoms with Crippen LogP contribution >= 0.6 is 0 Å². The van der Waals surface area contributed by atoms with Crippen LogP contribution in [-0.2, 0) is 23.9 Å². The number of amides is 3. The monoisotopic (exact) mass is 435 g/mol. The van der Waals surface area contributed by atoms with Gasteiger partial charge < -0.3 is 19.7 Å². The van der Waals surface area contributed by atoms with Gasteiger partial charge in [0.1, 0.15) is 11.9 Å². The number of anilines is 1. The summed E-state index contributed by atoms with van der Waals surface area (Å²) in [6.07, 6.45) is 0.106. The van der Waals surface area contributed by atoms with Gasteiger partial charge in [-0.3, -0.25) is 19.3 Å². The lowest BCUT2D eigenvalue weighted by atomic mass is 9.89. The van der Waals surface area contributed by atoms with Gasteiger partial charge in [0, 0.05) is 26.9 Å². The average Bonchev–Trinajstić information content (AvgIpc) is 3.11. The molecule has 31 heavy (non-hydrogen) atoms. The fraction of sp³-hybridized carbons (Fsp3) is 0.524. The Morgan fingerprint density at radius 1 is 1.23 bits per heavy atom. The number of likely N-dealkylation sites (tertiary alicyclic amines) is 1. The van der Waals surface area contributed by atoms with E-state index in [4.69, 9.17) is 9.47 Å². The van der Waals surface area contributed by atoms with Crippen LogP contribution in [0.25, 0.3) is 0 Å². The number of nitrogens with zero attached hydrogens (tertiary/aromatic N) is 2. The summed E-state index contributed by atoms with van der Waals surface area (Å²) in [5.74, 6) is -1.45. The van der Waals surface area contributed by atoms with Gasteiger partial charge in [-0.15, -0.1) is 0 Å². The summed E-state index contributed by atoms with van der Waals surface area (Å²) < 4.78 is 24.8. The first kappa shape index (κ1) is 22.5. The van der Waals surface area contributed by atoms with E-state index in [0.29, 0.717) is 37.2 Å². The van der Waals surface area contributed by atoms with Crippen LogP contribution in [0.3, 0.4) is 0 Å². The molecule has 0 radical (unpaired) electrons. The van der Waals surface area contributed by atoms with Gasteiger partial charge in [-0.1, -0.05) is 6.07 Å². The summed E-state index contributed by atoms with van der Waals surface area (Å²) in [6.45, 7) is 3.68. The first-order valence-electron chi connectivity index (χ1n) is 10.2. The lowest BCUT2D eigenvalue weighted by molar-refractivity contribution is -0.150. The molecule has 1 aromatic rings. The Balaban J connectivity index is 1.58. The molecule has 168 valence electrons. The number of carbonyl (C=O) groups excluding carboxylic acids is 4. The van der Waals surface area contributed by atoms with Crippen LogP contribution in [0, 0.1) is 5.82 Å². The third-order valence-electron chi connectivity index (χ3n) is 5.43. The zero-order valence-corrected chi connectivity index (χ0v) is 17.6. The Labute approximate surface area is 179 Å². The standard InChI is InChI=1S/C21H26FN3O6/c1-13(26)23-10-17-11-25(21(29)31-17)16-3-4-18(19(22)9-16)15-5-7-24(8-6-15)20(28)12-30-14(2)27/h3-4,9,15,17H,5-8,10-12H2,1-2H3,(H,23,26). The number of nitrogens with one attached hydrogen (secondary N) is 1. The molecule has 3 amide bonds. The van der Waals surface area contributed by atoms with Crippen LogP contribution in [0.2, 0.25) is 0 Å². The second kappa shape index (κ2) is 9.76. The molecule has 1 N–H and O–H groups in total. The number of hydrogen-bond acceptors (Lipinski definition) is 6. The molecule has 0 saturated carbocycles. The summed E-state index contributed by atoms with van der Waals surface area (Å²) in [4.78, 5) is 49.0. The van der Waals surface area contributed by atoms with Gasteiger partial charge in [-0.25, -0.2) is 9.18 Å². The summed E-state index contributed by atoms with van der Waals surface area (Å²) >= 11 is 0. The van der Waals surface area contributed by atoms with E-state index in [0.717, 1.165) is 0 Å². The van der Waals surface area contributed by atoms with Crippen LogP contribution in [-0.4, -0.2) is 67.7 Å². The molecule has 9 nitrogen and oxygen atoms in total. The SMILES string of the molecule is CC(=O)NCC1CN(c2ccc(C3CCN(C(=O)COC(C)=O)CC3)c(F)c2)C(=O)O1. The molecule has 2 fully saturated rings. The van der Waals surface area contributed by atoms with Crippen LogP contribution < -0.4 is 10.2 Å². The van der Waals surface area contributed by atoms with Crippen LogP contribution in [0.5, 0.6) is 0 Å². The molecule has 2 saturated heterocycles. The van der Waals surface area contributed by atoms with Crippen LogP contribution in [0.1, 0.15) is 38.2 Å². The minimum atomic E-state index is -0.581. The van der Waals surface area contributed by atoms with E-state index in [2.05, 4.69) is 5.32 Å². The van der Waals surface area contributed by atoms with E-state index >= 15 is 0 Å². The van der Waals surface area contributed by atoms with Gasteiger partial charge in [-0.05, 0) is 36.5 Å². The number of rotatable bonds is 6. The van der Waals surface area contributed by atoms with Gasteiger partial charge in [0.2, 0.25) is 5.91 Å². The minimum Gasteiger partial charge on any atom is -0.456 e. The Morgan fingerprint density at radius 2 is 1.94 bits per heavy atom. The maximum atomic E-state index is 14.9. The highest BCUT2D eigenvalue weighted by Crippen LogP contribution is 2.32. The van der Waals surface area contributed by atoms with E-state index in [1.807, 2.05) is 0 Å². The molecule has 2 aliphatic rings. The largest absolute Gasteiger partial charge is 0.456 e. The summed E-state index contributed by atoms with van der Waals surface area (Å²) in [5.41, 5.74) is 0.934. The molecular formula is C21H26FN3O6. The van der Waals surface area contributed by atoms with Crippen molar-refractivity contribution in [1.29, 1.82) is 0 Å². The van der Waals surface area contributed by atoms with Crippen molar-refractivity contribution < 1.29 is 33.0 Å². The highest BCUT2D eigenvalue weighted by molar-refractivity contribution is 5.89. The van der Waals surface area contributed by atoms with E-state index in [-0.39, 0.29) is 37.4 Å². The molecule has 2 aliphatic heterocycles. The average molecular weight is 435 g/mol. The molecule has 1 atom stereocenters. The van der Waals surface area contributed by atoms with Crippen molar-refractivity contribution in [2.24, 2.45) is 0 Å². The van der Waals surface area contributed by atoms with Crippen molar-refractivity contribution in [2.45, 2.75) is 38.7 Å². The number of cyclic esters (lactones) is 1. The van der Waals surface area contributed by atoms with Gasteiger partial charge in [-0.2, -0.15) is 0 Å². The first-order chi connectivity index (χ1) is 14.7. The predicted octanol–water partition coefficient (Wildman–Crippen LogP) is 1.56. The van der Waals surface area contributed by atoms with Crippen molar-refractivity contribution in [3.8, 4) is 0 Å². The first-order valence-corrected chi connectivity index (χ1v) is 10.2. The molecule has 0 aliphatic carbocycles. The maximum Gasteiger partial charge on any atom is 0.414 e.